The molecule has 0 aromatic heterocycles. The number of fused-ring (bicyclic) bond motifs is 3. The zero-order valence-corrected chi connectivity index (χ0v) is 32.3. The largest absolute Gasteiger partial charge is 0.0992 e. The van der Waals surface area contributed by atoms with Gasteiger partial charge in [-0.3, -0.25) is 0 Å². The van der Waals surface area contributed by atoms with Gasteiger partial charge in [-0.15, -0.1) is 0 Å². The van der Waals surface area contributed by atoms with Crippen LogP contribution in [-0.4, -0.2) is 0 Å². The van der Waals surface area contributed by atoms with E-state index in [4.69, 9.17) is 13.2 Å². The van der Waals surface area contributed by atoms with Crippen LogP contribution in [0.2, 0.25) is 0 Å². The molecule has 0 nitrogen and oxygen atoms in total. The van der Waals surface area contributed by atoms with Crippen LogP contribution < -0.4 is 0 Å². The number of allylic oxidation sites excluding steroid dienone is 8. The van der Waals surface area contributed by atoms with Crippen molar-refractivity contribution in [1.29, 1.82) is 0 Å². The molecule has 0 radical (unpaired) electrons. The fourth-order valence-electron chi connectivity index (χ4n) is 10.5. The second-order valence-electron chi connectivity index (χ2n) is 17.9. The Morgan fingerprint density at radius 3 is 2.09 bits per heavy atom. The molecule has 2 aromatic rings. The van der Waals surface area contributed by atoms with Gasteiger partial charge in [0.05, 0.1) is 0 Å². The minimum atomic E-state index is -0.143. The van der Waals surface area contributed by atoms with Gasteiger partial charge in [-0.25, -0.2) is 0 Å². The van der Waals surface area contributed by atoms with Crippen molar-refractivity contribution in [3.63, 3.8) is 0 Å². The van der Waals surface area contributed by atoms with Gasteiger partial charge in [0.1, 0.15) is 0 Å². The van der Waals surface area contributed by atoms with Crippen molar-refractivity contribution in [2.75, 3.05) is 0 Å². The quantitative estimate of drug-likeness (QED) is 0.280. The molecule has 0 aliphatic heterocycles. The zero-order valence-electron chi connectivity index (χ0n) is 32.3. The second-order valence-corrected chi connectivity index (χ2v) is 17.9. The summed E-state index contributed by atoms with van der Waals surface area (Å²) in [5.74, 6) is 0.436. The van der Waals surface area contributed by atoms with Crippen LogP contribution in [0.15, 0.2) is 89.6 Å². The first-order valence-electron chi connectivity index (χ1n) is 18.0. The predicted molar refractivity (Wildman–Crippen MR) is 207 cm³/mol. The molecule has 47 heavy (non-hydrogen) atoms. The van der Waals surface area contributed by atoms with Crippen molar-refractivity contribution in [2.24, 2.45) is 16.2 Å². The Morgan fingerprint density at radius 1 is 0.894 bits per heavy atom. The van der Waals surface area contributed by atoms with E-state index in [9.17, 15) is 0 Å². The molecule has 3 aliphatic carbocycles. The molecular formula is C47H62. The SMILES string of the molecule is C=C(Cc1ccc(C)cc1C(C)(C)C)Cc1cc(C(C)C)c2c(c1C)C(=C)C1=C(C)[C@@]3(C)C(=C)C(C(=C)C)=C(C)C[C@@]3(C)C[C@@]1(C)C2. The molecule has 0 spiro atoms. The highest BCUT2D eigenvalue weighted by molar-refractivity contribution is 5.87. The zero-order chi connectivity index (χ0) is 35.2. The van der Waals surface area contributed by atoms with Gasteiger partial charge in [0.2, 0.25) is 0 Å². The minimum Gasteiger partial charge on any atom is -0.0992 e. The maximum Gasteiger partial charge on any atom is 0.0194 e. The fourth-order valence-corrected chi connectivity index (χ4v) is 10.5. The van der Waals surface area contributed by atoms with Crippen LogP contribution in [0, 0.1) is 30.1 Å². The Kier molecular flexibility index (Phi) is 8.61. The van der Waals surface area contributed by atoms with Crippen LogP contribution >= 0.6 is 0 Å². The molecule has 2 aromatic carbocycles. The van der Waals surface area contributed by atoms with Gasteiger partial charge in [-0.1, -0.05) is 134 Å². The first-order valence-corrected chi connectivity index (χ1v) is 18.0. The summed E-state index contributed by atoms with van der Waals surface area (Å²) < 4.78 is 0. The molecule has 0 fully saturated rings. The van der Waals surface area contributed by atoms with E-state index < -0.39 is 0 Å². The van der Waals surface area contributed by atoms with Gasteiger partial charge < -0.3 is 0 Å². The number of aryl methyl sites for hydroxylation is 1. The van der Waals surface area contributed by atoms with E-state index in [1.165, 1.54) is 83.5 Å². The molecule has 5 rings (SSSR count). The first kappa shape index (κ1) is 35.2. The molecule has 0 unspecified atom stereocenters. The van der Waals surface area contributed by atoms with E-state index >= 15 is 0 Å². The highest BCUT2D eigenvalue weighted by Gasteiger charge is 2.59. The normalized spacial score (nSPS) is 26.0. The van der Waals surface area contributed by atoms with Crippen molar-refractivity contribution in [3.8, 4) is 0 Å². The van der Waals surface area contributed by atoms with Crippen LogP contribution in [0.1, 0.15) is 139 Å². The maximum atomic E-state index is 4.98. The van der Waals surface area contributed by atoms with Crippen LogP contribution in [0.3, 0.4) is 0 Å². The van der Waals surface area contributed by atoms with Crippen LogP contribution in [-0.2, 0) is 24.7 Å². The lowest BCUT2D eigenvalue weighted by atomic mass is 9.41. The van der Waals surface area contributed by atoms with E-state index in [0.717, 1.165) is 37.7 Å². The molecule has 0 saturated heterocycles. The van der Waals surface area contributed by atoms with Crippen molar-refractivity contribution in [2.45, 2.75) is 133 Å². The topological polar surface area (TPSA) is 0 Å². The van der Waals surface area contributed by atoms with E-state index in [1.807, 2.05) is 0 Å². The number of rotatable bonds is 6. The van der Waals surface area contributed by atoms with Gasteiger partial charge in [0, 0.05) is 5.41 Å². The lowest BCUT2D eigenvalue weighted by molar-refractivity contribution is 0.0543. The lowest BCUT2D eigenvalue weighted by Gasteiger charge is -2.62. The standard InChI is InChI=1S/C47H62/c1-27(2)38-23-37(21-30(6)20-36-19-18-29(5)22-40(36)44(12,13)14)32(8)42-33(9)43-35(11)47(17)34(10)41(28(3)4)31(7)24-46(47,16)26-45(43,15)25-39(38)42/h18-19,22-23,27H,3,6,9-10,20-21,24-26H2,1-2,4-5,7-8,11-17H3/t45-,46+,47-/m1/s1. The maximum absolute atomic E-state index is 4.98. The number of hydrogen-bond acceptors (Lipinski definition) is 0. The summed E-state index contributed by atoms with van der Waals surface area (Å²) in [4.78, 5) is 0. The summed E-state index contributed by atoms with van der Waals surface area (Å²) in [6.45, 7) is 49.5. The second kappa shape index (κ2) is 11.5. The highest BCUT2D eigenvalue weighted by Crippen LogP contribution is 2.70. The van der Waals surface area contributed by atoms with E-state index in [1.54, 1.807) is 0 Å². The third-order valence-electron chi connectivity index (χ3n) is 12.7. The molecule has 3 atom stereocenters. The van der Waals surface area contributed by atoms with Crippen molar-refractivity contribution >= 4 is 5.57 Å². The molecule has 0 bridgehead atoms. The van der Waals surface area contributed by atoms with Crippen LogP contribution in [0.4, 0.5) is 0 Å². The molecule has 3 aliphatic rings. The Balaban J connectivity index is 1.63. The minimum absolute atomic E-state index is 0.0275. The average Bonchev–Trinajstić information content (AvgIpc) is 2.92. The molecule has 250 valence electrons. The molecule has 0 N–H and O–H groups in total. The third kappa shape index (κ3) is 5.43. The molecule has 0 heterocycles. The number of benzene rings is 2. The van der Waals surface area contributed by atoms with Crippen LogP contribution in [0.5, 0.6) is 0 Å². The summed E-state index contributed by atoms with van der Waals surface area (Å²) in [6, 6.07) is 9.48. The van der Waals surface area contributed by atoms with Gasteiger partial charge in [-0.05, 0) is 150 Å². The Morgan fingerprint density at radius 2 is 1.51 bits per heavy atom. The fraction of sp³-hybridized carbons (Fsp3) is 0.489. The van der Waals surface area contributed by atoms with E-state index in [2.05, 4.69) is 127 Å². The molecule has 0 heteroatoms. The monoisotopic (exact) mass is 626 g/mol. The van der Waals surface area contributed by atoms with E-state index in [0.29, 0.717) is 5.92 Å². The summed E-state index contributed by atoms with van der Waals surface area (Å²) in [7, 11) is 0. The Bertz CT molecular complexity index is 1800. The summed E-state index contributed by atoms with van der Waals surface area (Å²) in [6.07, 6.45) is 5.07. The number of hydrogen-bond donors (Lipinski definition) is 0. The van der Waals surface area contributed by atoms with Crippen molar-refractivity contribution in [3.05, 3.63) is 134 Å². The molecular weight excluding hydrogens is 565 g/mol. The summed E-state index contributed by atoms with van der Waals surface area (Å²) in [5, 5.41) is 0. The van der Waals surface area contributed by atoms with E-state index in [-0.39, 0.29) is 21.7 Å². The average molecular weight is 627 g/mol. The van der Waals surface area contributed by atoms with Crippen LogP contribution in [0.25, 0.3) is 5.57 Å². The summed E-state index contributed by atoms with van der Waals surface area (Å²) in [5.41, 5.74) is 22.0. The highest BCUT2D eigenvalue weighted by atomic mass is 14.6. The van der Waals surface area contributed by atoms with Crippen molar-refractivity contribution in [1.82, 2.24) is 0 Å². The molecule has 0 amide bonds. The lowest BCUT2D eigenvalue weighted by Crippen LogP contribution is -2.52. The first-order chi connectivity index (χ1) is 21.6. The Labute approximate surface area is 288 Å². The summed E-state index contributed by atoms with van der Waals surface area (Å²) >= 11 is 0. The van der Waals surface area contributed by atoms with Crippen molar-refractivity contribution < 1.29 is 0 Å². The smallest absolute Gasteiger partial charge is 0.0194 e. The van der Waals surface area contributed by atoms with Gasteiger partial charge in [-0.2, -0.15) is 0 Å². The van der Waals surface area contributed by atoms with Gasteiger partial charge in [0.15, 0.2) is 0 Å². The van der Waals surface area contributed by atoms with Gasteiger partial charge >= 0.3 is 0 Å². The third-order valence-corrected chi connectivity index (χ3v) is 12.7. The predicted octanol–water partition coefficient (Wildman–Crippen LogP) is 13.2. The molecule has 0 saturated carbocycles. The Hall–Kier alpha value is -3.12. The van der Waals surface area contributed by atoms with Gasteiger partial charge in [0.25, 0.3) is 0 Å².